The van der Waals surface area contributed by atoms with Crippen molar-refractivity contribution in [2.75, 3.05) is 0 Å². The molecule has 0 N–H and O–H groups in total. The van der Waals surface area contributed by atoms with E-state index < -0.39 is 0 Å². The fraction of sp³-hybridized carbons (Fsp3) is 0.0588. The number of aryl methyl sites for hydroxylation is 1. The molecule has 0 nitrogen and oxygen atoms in total. The average molecular weight is 236 g/mol. The van der Waals surface area contributed by atoms with E-state index in [9.17, 15) is 4.39 Å². The SMILES string of the molecule is Cc1ccc(-c2cccc3ccccc23)c(F)c1. The summed E-state index contributed by atoms with van der Waals surface area (Å²) < 4.78 is 14.1. The normalized spacial score (nSPS) is 10.8. The summed E-state index contributed by atoms with van der Waals surface area (Å²) in [6.07, 6.45) is 0. The van der Waals surface area contributed by atoms with E-state index in [4.69, 9.17) is 0 Å². The number of halogens is 1. The van der Waals surface area contributed by atoms with Crippen molar-refractivity contribution in [3.8, 4) is 11.1 Å². The topological polar surface area (TPSA) is 0 Å². The number of rotatable bonds is 1. The first-order valence-corrected chi connectivity index (χ1v) is 6.00. The second-order valence-electron chi connectivity index (χ2n) is 4.51. The summed E-state index contributed by atoms with van der Waals surface area (Å²) in [4.78, 5) is 0. The Morgan fingerprint density at radius 2 is 1.56 bits per heavy atom. The second kappa shape index (κ2) is 4.26. The standard InChI is InChI=1S/C17H13F/c1-12-9-10-16(17(18)11-12)15-8-4-6-13-5-2-3-7-14(13)15/h2-11H,1H3. The lowest BCUT2D eigenvalue weighted by Gasteiger charge is -2.08. The van der Waals surface area contributed by atoms with E-state index in [2.05, 4.69) is 0 Å². The van der Waals surface area contributed by atoms with E-state index >= 15 is 0 Å². The van der Waals surface area contributed by atoms with Crippen molar-refractivity contribution < 1.29 is 4.39 Å². The molecule has 0 heterocycles. The quantitative estimate of drug-likeness (QED) is 0.560. The van der Waals surface area contributed by atoms with Crippen LogP contribution in [0.4, 0.5) is 4.39 Å². The third-order valence-corrected chi connectivity index (χ3v) is 3.20. The maximum atomic E-state index is 14.1. The van der Waals surface area contributed by atoms with Crippen LogP contribution in [0.5, 0.6) is 0 Å². The largest absolute Gasteiger partial charge is 0.206 e. The van der Waals surface area contributed by atoms with Gasteiger partial charge in [0.25, 0.3) is 0 Å². The number of hydrogen-bond donors (Lipinski definition) is 0. The molecular weight excluding hydrogens is 223 g/mol. The van der Waals surface area contributed by atoms with Crippen LogP contribution in [-0.2, 0) is 0 Å². The van der Waals surface area contributed by atoms with Gasteiger partial charge in [0.2, 0.25) is 0 Å². The van der Waals surface area contributed by atoms with Crippen LogP contribution in [-0.4, -0.2) is 0 Å². The van der Waals surface area contributed by atoms with Gasteiger partial charge in [-0.3, -0.25) is 0 Å². The molecule has 1 heteroatoms. The molecule has 0 amide bonds. The zero-order chi connectivity index (χ0) is 12.5. The van der Waals surface area contributed by atoms with Crippen LogP contribution in [0.15, 0.2) is 60.7 Å². The molecule has 0 spiro atoms. The van der Waals surface area contributed by atoms with Crippen molar-refractivity contribution in [3.63, 3.8) is 0 Å². The Labute approximate surface area is 106 Å². The highest BCUT2D eigenvalue weighted by molar-refractivity contribution is 5.96. The van der Waals surface area contributed by atoms with Crippen molar-refractivity contribution >= 4 is 10.8 Å². The first-order valence-electron chi connectivity index (χ1n) is 6.00. The molecule has 3 aromatic carbocycles. The Morgan fingerprint density at radius 1 is 0.778 bits per heavy atom. The van der Waals surface area contributed by atoms with Crippen molar-refractivity contribution in [1.82, 2.24) is 0 Å². The summed E-state index contributed by atoms with van der Waals surface area (Å²) in [7, 11) is 0. The predicted molar refractivity (Wildman–Crippen MR) is 74.1 cm³/mol. The lowest BCUT2D eigenvalue weighted by molar-refractivity contribution is 0.630. The zero-order valence-electron chi connectivity index (χ0n) is 10.2. The number of fused-ring (bicyclic) bond motifs is 1. The molecule has 0 atom stereocenters. The van der Waals surface area contributed by atoms with Crippen molar-refractivity contribution in [2.45, 2.75) is 6.92 Å². The molecule has 0 aliphatic heterocycles. The van der Waals surface area contributed by atoms with Gasteiger partial charge in [0.05, 0.1) is 0 Å². The molecule has 88 valence electrons. The second-order valence-corrected chi connectivity index (χ2v) is 4.51. The van der Waals surface area contributed by atoms with Gasteiger partial charge < -0.3 is 0 Å². The van der Waals surface area contributed by atoms with E-state index in [0.717, 1.165) is 21.9 Å². The zero-order valence-corrected chi connectivity index (χ0v) is 10.2. The Morgan fingerprint density at radius 3 is 2.39 bits per heavy atom. The molecule has 0 saturated carbocycles. The monoisotopic (exact) mass is 236 g/mol. The Kier molecular flexibility index (Phi) is 2.60. The van der Waals surface area contributed by atoms with Gasteiger partial charge in [0, 0.05) is 5.56 Å². The molecule has 18 heavy (non-hydrogen) atoms. The van der Waals surface area contributed by atoms with Crippen LogP contribution < -0.4 is 0 Å². The summed E-state index contributed by atoms with van der Waals surface area (Å²) in [5.41, 5.74) is 2.56. The maximum Gasteiger partial charge on any atom is 0.131 e. The van der Waals surface area contributed by atoms with Gasteiger partial charge in [0.15, 0.2) is 0 Å². The predicted octanol–water partition coefficient (Wildman–Crippen LogP) is 4.95. The van der Waals surface area contributed by atoms with Gasteiger partial charge in [-0.25, -0.2) is 4.39 Å². The van der Waals surface area contributed by atoms with E-state index in [1.165, 1.54) is 0 Å². The smallest absolute Gasteiger partial charge is 0.131 e. The summed E-state index contributed by atoms with van der Waals surface area (Å²) in [6, 6.07) is 19.4. The van der Waals surface area contributed by atoms with E-state index in [1.54, 1.807) is 6.07 Å². The van der Waals surface area contributed by atoms with Crippen molar-refractivity contribution in [2.24, 2.45) is 0 Å². The maximum absolute atomic E-state index is 14.1. The fourth-order valence-corrected chi connectivity index (χ4v) is 2.30. The molecule has 3 rings (SSSR count). The summed E-state index contributed by atoms with van der Waals surface area (Å²) >= 11 is 0. The molecule has 0 saturated heterocycles. The Hall–Kier alpha value is -2.15. The first-order chi connectivity index (χ1) is 8.75. The third-order valence-electron chi connectivity index (χ3n) is 3.20. The molecular formula is C17H13F. The van der Waals surface area contributed by atoms with Gasteiger partial charge in [0.1, 0.15) is 5.82 Å². The highest BCUT2D eigenvalue weighted by atomic mass is 19.1. The minimum absolute atomic E-state index is 0.161. The van der Waals surface area contributed by atoms with E-state index in [-0.39, 0.29) is 5.82 Å². The van der Waals surface area contributed by atoms with Crippen LogP contribution in [0.3, 0.4) is 0 Å². The highest BCUT2D eigenvalue weighted by Crippen LogP contribution is 2.30. The van der Waals surface area contributed by atoms with Gasteiger partial charge >= 0.3 is 0 Å². The van der Waals surface area contributed by atoms with Gasteiger partial charge in [-0.05, 0) is 34.9 Å². The Bertz CT molecular complexity index is 708. The van der Waals surface area contributed by atoms with Crippen molar-refractivity contribution in [1.29, 1.82) is 0 Å². The highest BCUT2D eigenvalue weighted by Gasteiger charge is 2.08. The Balaban J connectivity index is 2.31. The molecule has 0 bridgehead atoms. The molecule has 0 unspecified atom stereocenters. The van der Waals surface area contributed by atoms with Crippen LogP contribution in [0.25, 0.3) is 21.9 Å². The van der Waals surface area contributed by atoms with Crippen LogP contribution in [0, 0.1) is 12.7 Å². The molecule has 0 aliphatic carbocycles. The van der Waals surface area contributed by atoms with Gasteiger partial charge in [-0.1, -0.05) is 54.6 Å². The average Bonchev–Trinajstić information content (AvgIpc) is 2.38. The third kappa shape index (κ3) is 1.78. The summed E-state index contributed by atoms with van der Waals surface area (Å²) in [5.74, 6) is -0.161. The summed E-state index contributed by atoms with van der Waals surface area (Å²) in [6.45, 7) is 1.90. The van der Waals surface area contributed by atoms with Crippen molar-refractivity contribution in [3.05, 3.63) is 72.0 Å². The van der Waals surface area contributed by atoms with Crippen LogP contribution >= 0.6 is 0 Å². The van der Waals surface area contributed by atoms with E-state index in [0.29, 0.717) is 5.56 Å². The molecule has 3 aromatic rings. The lowest BCUT2D eigenvalue weighted by atomic mass is 9.97. The van der Waals surface area contributed by atoms with Crippen LogP contribution in [0.1, 0.15) is 5.56 Å². The molecule has 0 radical (unpaired) electrons. The van der Waals surface area contributed by atoms with Gasteiger partial charge in [-0.15, -0.1) is 0 Å². The first kappa shape index (κ1) is 11.0. The minimum atomic E-state index is -0.161. The molecule has 0 aliphatic rings. The molecule has 0 aromatic heterocycles. The lowest BCUT2D eigenvalue weighted by Crippen LogP contribution is -1.87. The number of benzene rings is 3. The number of hydrogen-bond acceptors (Lipinski definition) is 0. The molecule has 0 fully saturated rings. The minimum Gasteiger partial charge on any atom is -0.206 e. The van der Waals surface area contributed by atoms with Gasteiger partial charge in [-0.2, -0.15) is 0 Å². The summed E-state index contributed by atoms with van der Waals surface area (Å²) in [5, 5.41) is 2.22. The van der Waals surface area contributed by atoms with E-state index in [1.807, 2.05) is 61.5 Å². The fourth-order valence-electron chi connectivity index (χ4n) is 2.30. The van der Waals surface area contributed by atoms with Crippen LogP contribution in [0.2, 0.25) is 0 Å².